The fraction of sp³-hybridized carbons (Fsp3) is 0.300. The molecule has 0 atom stereocenters. The van der Waals surface area contributed by atoms with E-state index in [1.165, 1.54) is 12.4 Å². The Balaban J connectivity index is 1.53. The number of anilines is 2. The first-order chi connectivity index (χ1) is 13.6. The molecule has 2 aromatic heterocycles. The Hall–Kier alpha value is -3.47. The first kappa shape index (κ1) is 17.9. The summed E-state index contributed by atoms with van der Waals surface area (Å²) in [5.74, 6) is 1.17. The molecule has 142 valence electrons. The zero-order valence-electron chi connectivity index (χ0n) is 15.8. The molecule has 4 rings (SSSR count). The number of nitrogens with zero attached hydrogens (tertiary/aromatic N) is 7. The molecule has 3 aromatic rings. The maximum Gasteiger partial charge on any atom is 0.159 e. The lowest BCUT2D eigenvalue weighted by Gasteiger charge is -2.37. The van der Waals surface area contributed by atoms with Gasteiger partial charge in [-0.15, -0.1) is 0 Å². The quantitative estimate of drug-likeness (QED) is 0.699. The number of nitriles is 1. The molecule has 1 aliphatic heterocycles. The van der Waals surface area contributed by atoms with Crippen LogP contribution < -0.4 is 9.80 Å². The molecule has 0 aliphatic carbocycles. The van der Waals surface area contributed by atoms with Crippen LogP contribution in [0.5, 0.6) is 0 Å². The molecule has 1 fully saturated rings. The lowest BCUT2D eigenvalue weighted by molar-refractivity contribution is 0.595. The lowest BCUT2D eigenvalue weighted by Crippen LogP contribution is -2.47. The van der Waals surface area contributed by atoms with Gasteiger partial charge in [0.15, 0.2) is 5.82 Å². The zero-order valence-corrected chi connectivity index (χ0v) is 15.8. The number of aromatic nitrogens is 4. The minimum atomic E-state index is -0.360. The summed E-state index contributed by atoms with van der Waals surface area (Å²) in [6.45, 7) is 6.49. The highest BCUT2D eigenvalue weighted by molar-refractivity contribution is 5.61. The first-order valence-electron chi connectivity index (χ1n) is 9.11. The molecule has 7 nitrogen and oxygen atoms in total. The Labute approximate surface area is 162 Å². The maximum atomic E-state index is 14.3. The fourth-order valence-corrected chi connectivity index (χ4v) is 3.57. The van der Waals surface area contributed by atoms with Crippen LogP contribution in [0.3, 0.4) is 0 Å². The molecule has 0 unspecified atom stereocenters. The highest BCUT2D eigenvalue weighted by atomic mass is 19.1. The minimum absolute atomic E-state index is 0.360. The van der Waals surface area contributed by atoms with Crippen LogP contribution in [0.15, 0.2) is 36.7 Å². The summed E-state index contributed by atoms with van der Waals surface area (Å²) in [5.41, 5.74) is 2.69. The maximum absolute atomic E-state index is 14.3. The normalized spacial score (nSPS) is 14.2. The van der Waals surface area contributed by atoms with Crippen molar-refractivity contribution in [1.29, 1.82) is 5.26 Å². The van der Waals surface area contributed by atoms with E-state index < -0.39 is 0 Å². The third kappa shape index (κ3) is 3.27. The molecule has 1 aromatic carbocycles. The molecule has 0 radical (unpaired) electrons. The SMILES string of the molecule is Cc1cc(C)n(-c2cc(N3CCN(c4c(F)cccc4C#N)CC3)ncn2)n1. The van der Waals surface area contributed by atoms with E-state index in [1.807, 2.05) is 30.9 Å². The minimum Gasteiger partial charge on any atom is -0.365 e. The van der Waals surface area contributed by atoms with Gasteiger partial charge < -0.3 is 9.80 Å². The molecular formula is C20H20FN7. The van der Waals surface area contributed by atoms with E-state index in [9.17, 15) is 9.65 Å². The predicted octanol–water partition coefficient (Wildman–Crippen LogP) is 2.62. The second-order valence-electron chi connectivity index (χ2n) is 6.80. The van der Waals surface area contributed by atoms with Gasteiger partial charge in [-0.1, -0.05) is 6.07 Å². The third-order valence-corrected chi connectivity index (χ3v) is 4.89. The van der Waals surface area contributed by atoms with Gasteiger partial charge in [-0.05, 0) is 32.0 Å². The van der Waals surface area contributed by atoms with E-state index in [0.29, 0.717) is 37.4 Å². The van der Waals surface area contributed by atoms with Gasteiger partial charge in [0.2, 0.25) is 0 Å². The van der Waals surface area contributed by atoms with E-state index in [4.69, 9.17) is 0 Å². The van der Waals surface area contributed by atoms with Crippen molar-refractivity contribution >= 4 is 11.5 Å². The van der Waals surface area contributed by atoms with Crippen LogP contribution in [0, 0.1) is 31.0 Å². The average Bonchev–Trinajstić information content (AvgIpc) is 3.06. The Kier molecular flexibility index (Phi) is 4.65. The Morgan fingerprint density at radius 2 is 1.71 bits per heavy atom. The standard InChI is InChI=1S/C20H20FN7/c1-14-10-15(2)28(25-14)19-11-18(23-13-24-19)26-6-8-27(9-7-26)20-16(12-22)4-3-5-17(20)21/h3-5,10-11,13H,6-9H2,1-2H3. The number of hydrogen-bond donors (Lipinski definition) is 0. The molecule has 0 bridgehead atoms. The molecule has 28 heavy (non-hydrogen) atoms. The monoisotopic (exact) mass is 377 g/mol. The van der Waals surface area contributed by atoms with Crippen LogP contribution in [-0.4, -0.2) is 45.9 Å². The Morgan fingerprint density at radius 1 is 1.00 bits per heavy atom. The van der Waals surface area contributed by atoms with Gasteiger partial charge >= 0.3 is 0 Å². The summed E-state index contributed by atoms with van der Waals surface area (Å²) < 4.78 is 16.1. The molecule has 1 saturated heterocycles. The molecule has 0 spiro atoms. The van der Waals surface area contributed by atoms with Gasteiger partial charge in [0.25, 0.3) is 0 Å². The van der Waals surface area contributed by atoms with E-state index in [0.717, 1.165) is 23.0 Å². The number of piperazine rings is 1. The molecule has 0 saturated carbocycles. The van der Waals surface area contributed by atoms with Crippen molar-refractivity contribution in [2.75, 3.05) is 36.0 Å². The summed E-state index contributed by atoms with van der Waals surface area (Å²) in [6.07, 6.45) is 1.54. The van der Waals surface area contributed by atoms with E-state index in [2.05, 4.69) is 26.0 Å². The van der Waals surface area contributed by atoms with Crippen LogP contribution in [0.4, 0.5) is 15.9 Å². The second kappa shape index (κ2) is 7.27. The zero-order chi connectivity index (χ0) is 19.7. The van der Waals surface area contributed by atoms with E-state index in [1.54, 1.807) is 16.8 Å². The third-order valence-electron chi connectivity index (χ3n) is 4.89. The van der Waals surface area contributed by atoms with Crippen molar-refractivity contribution < 1.29 is 4.39 Å². The van der Waals surface area contributed by atoms with Gasteiger partial charge in [-0.25, -0.2) is 19.0 Å². The molecule has 0 amide bonds. The topological polar surface area (TPSA) is 73.9 Å². The number of benzene rings is 1. The van der Waals surface area contributed by atoms with Gasteiger partial charge in [0, 0.05) is 37.9 Å². The van der Waals surface area contributed by atoms with Crippen molar-refractivity contribution in [2.45, 2.75) is 13.8 Å². The summed E-state index contributed by atoms with van der Waals surface area (Å²) in [5, 5.41) is 13.8. The fourth-order valence-electron chi connectivity index (χ4n) is 3.57. The number of para-hydroxylation sites is 1. The van der Waals surface area contributed by atoms with Crippen LogP contribution in [0.25, 0.3) is 5.82 Å². The van der Waals surface area contributed by atoms with Crippen LogP contribution >= 0.6 is 0 Å². The lowest BCUT2D eigenvalue weighted by atomic mass is 10.1. The highest BCUT2D eigenvalue weighted by Gasteiger charge is 2.23. The number of rotatable bonds is 3. The van der Waals surface area contributed by atoms with Crippen molar-refractivity contribution in [2.24, 2.45) is 0 Å². The van der Waals surface area contributed by atoms with Crippen LogP contribution in [0.2, 0.25) is 0 Å². The molecule has 1 aliphatic rings. The Morgan fingerprint density at radius 3 is 2.39 bits per heavy atom. The van der Waals surface area contributed by atoms with E-state index >= 15 is 0 Å². The number of hydrogen-bond acceptors (Lipinski definition) is 6. The highest BCUT2D eigenvalue weighted by Crippen LogP contribution is 2.26. The van der Waals surface area contributed by atoms with Gasteiger partial charge in [-0.2, -0.15) is 10.4 Å². The molecular weight excluding hydrogens is 357 g/mol. The smallest absolute Gasteiger partial charge is 0.159 e. The van der Waals surface area contributed by atoms with Gasteiger partial charge in [0.05, 0.1) is 16.9 Å². The van der Waals surface area contributed by atoms with Crippen molar-refractivity contribution in [3.8, 4) is 11.9 Å². The molecule has 8 heteroatoms. The van der Waals surface area contributed by atoms with Crippen molar-refractivity contribution in [3.05, 3.63) is 59.4 Å². The summed E-state index contributed by atoms with van der Waals surface area (Å²) in [7, 11) is 0. The average molecular weight is 377 g/mol. The van der Waals surface area contributed by atoms with E-state index in [-0.39, 0.29) is 5.82 Å². The largest absolute Gasteiger partial charge is 0.365 e. The Bertz CT molecular complexity index is 1040. The van der Waals surface area contributed by atoms with Gasteiger partial charge in [-0.3, -0.25) is 0 Å². The molecule has 3 heterocycles. The van der Waals surface area contributed by atoms with Crippen molar-refractivity contribution in [3.63, 3.8) is 0 Å². The van der Waals surface area contributed by atoms with Gasteiger partial charge in [0.1, 0.15) is 24.0 Å². The summed E-state index contributed by atoms with van der Waals surface area (Å²) in [4.78, 5) is 12.8. The second-order valence-corrected chi connectivity index (χ2v) is 6.80. The summed E-state index contributed by atoms with van der Waals surface area (Å²) >= 11 is 0. The number of aryl methyl sites for hydroxylation is 2. The molecule has 0 N–H and O–H groups in total. The van der Waals surface area contributed by atoms with Crippen molar-refractivity contribution in [1.82, 2.24) is 19.7 Å². The van der Waals surface area contributed by atoms with Crippen LogP contribution in [-0.2, 0) is 0 Å². The number of halogens is 1. The predicted molar refractivity (Wildman–Crippen MR) is 104 cm³/mol. The van der Waals surface area contributed by atoms with Crippen LogP contribution in [0.1, 0.15) is 17.0 Å². The first-order valence-corrected chi connectivity index (χ1v) is 9.11. The summed E-state index contributed by atoms with van der Waals surface area (Å²) in [6, 6.07) is 10.6.